The van der Waals surface area contributed by atoms with Crippen molar-refractivity contribution in [3.63, 3.8) is 0 Å². The highest BCUT2D eigenvalue weighted by Crippen LogP contribution is 2.02. The van der Waals surface area contributed by atoms with Gasteiger partial charge in [0.05, 0.1) is 12.7 Å². The molecule has 3 nitrogen and oxygen atoms in total. The van der Waals surface area contributed by atoms with Crippen molar-refractivity contribution in [1.29, 1.82) is 5.26 Å². The van der Waals surface area contributed by atoms with Crippen LogP contribution in [0.2, 0.25) is 0 Å². The van der Waals surface area contributed by atoms with E-state index in [1.807, 2.05) is 0 Å². The number of benzene rings is 1. The van der Waals surface area contributed by atoms with Crippen molar-refractivity contribution in [1.82, 2.24) is 0 Å². The summed E-state index contributed by atoms with van der Waals surface area (Å²) in [5.74, 6) is -0.458. The van der Waals surface area contributed by atoms with Crippen LogP contribution in [0.3, 0.4) is 0 Å². The van der Waals surface area contributed by atoms with Crippen molar-refractivity contribution in [3.05, 3.63) is 35.6 Å². The predicted octanol–water partition coefficient (Wildman–Crippen LogP) is 1.49. The third kappa shape index (κ3) is 4.53. The molecule has 4 heteroatoms. The van der Waals surface area contributed by atoms with Crippen molar-refractivity contribution in [3.8, 4) is 6.07 Å². The van der Waals surface area contributed by atoms with Gasteiger partial charge in [0.25, 0.3) is 6.47 Å². The summed E-state index contributed by atoms with van der Waals surface area (Å²) in [6, 6.07) is 7.60. The molecule has 0 saturated carbocycles. The fourth-order valence-electron chi connectivity index (χ4n) is 0.552. The minimum Gasteiger partial charge on any atom is -0.471 e. The minimum absolute atomic E-state index is 0.0949. The molecule has 0 saturated heterocycles. The number of hydrogen-bond acceptors (Lipinski definition) is 3. The second-order valence-electron chi connectivity index (χ2n) is 1.92. The van der Waals surface area contributed by atoms with Gasteiger partial charge in [0, 0.05) is 0 Å². The maximum atomic E-state index is 12.4. The molecule has 0 atom stereocenters. The monoisotopic (exact) mass is 181 g/mol. The highest BCUT2D eigenvalue weighted by molar-refractivity contribution is 5.36. The second kappa shape index (κ2) is 6.80. The molecule has 0 radical (unpaired) electrons. The molecule has 0 aromatic heterocycles. The molecule has 1 rings (SSSR count). The van der Waals surface area contributed by atoms with Gasteiger partial charge in [-0.2, -0.15) is 5.26 Å². The Morgan fingerprint density at radius 1 is 1.54 bits per heavy atom. The average Bonchev–Trinajstić information content (AvgIpc) is 2.19. The average molecular weight is 181 g/mol. The van der Waals surface area contributed by atoms with Crippen molar-refractivity contribution in [2.45, 2.75) is 0 Å². The van der Waals surface area contributed by atoms with E-state index in [0.29, 0.717) is 6.47 Å². The smallest absolute Gasteiger partial charge is 0.292 e. The van der Waals surface area contributed by atoms with Crippen LogP contribution in [0.15, 0.2) is 24.3 Å². The van der Waals surface area contributed by atoms with Crippen molar-refractivity contribution in [2.75, 3.05) is 7.11 Å². The Kier molecular flexibility index (Phi) is 5.81. The Hall–Kier alpha value is -1.89. The topological polar surface area (TPSA) is 50.1 Å². The van der Waals surface area contributed by atoms with Gasteiger partial charge < -0.3 is 4.74 Å². The first-order chi connectivity index (χ1) is 6.26. The van der Waals surface area contributed by atoms with Crippen molar-refractivity contribution < 1.29 is 13.9 Å². The molecule has 0 aliphatic rings. The predicted molar refractivity (Wildman–Crippen MR) is 44.2 cm³/mol. The molecule has 0 unspecified atom stereocenters. The summed E-state index contributed by atoms with van der Waals surface area (Å²) < 4.78 is 16.2. The van der Waals surface area contributed by atoms with E-state index in [2.05, 4.69) is 4.74 Å². The lowest BCUT2D eigenvalue weighted by Crippen LogP contribution is -1.78. The highest BCUT2D eigenvalue weighted by atomic mass is 19.1. The number of rotatable bonds is 1. The van der Waals surface area contributed by atoms with E-state index < -0.39 is 5.82 Å². The Morgan fingerprint density at radius 3 is 2.38 bits per heavy atom. The van der Waals surface area contributed by atoms with Gasteiger partial charge in [0.2, 0.25) is 0 Å². The molecular weight excluding hydrogens is 173 g/mol. The van der Waals surface area contributed by atoms with Crippen LogP contribution in [0.4, 0.5) is 4.39 Å². The second-order valence-corrected chi connectivity index (χ2v) is 1.92. The van der Waals surface area contributed by atoms with Crippen LogP contribution in [0.1, 0.15) is 5.56 Å². The van der Waals surface area contributed by atoms with Crippen LogP contribution < -0.4 is 0 Å². The number of carbonyl (C=O) groups is 1. The minimum atomic E-state index is -0.458. The Bertz CT molecular complexity index is 307. The first kappa shape index (κ1) is 11.1. The lowest BCUT2D eigenvalue weighted by molar-refractivity contribution is -0.126. The molecule has 0 fully saturated rings. The lowest BCUT2D eigenvalue weighted by Gasteiger charge is -1.86. The van der Waals surface area contributed by atoms with E-state index in [9.17, 15) is 4.39 Å². The molecule has 0 amide bonds. The summed E-state index contributed by atoms with van der Waals surface area (Å²) in [5.41, 5.74) is 0.0949. The van der Waals surface area contributed by atoms with Gasteiger partial charge in [-0.15, -0.1) is 0 Å². The summed E-state index contributed by atoms with van der Waals surface area (Å²) in [4.78, 5) is 8.95. The number of carbonyl (C=O) groups excluding carboxylic acids is 1. The molecule has 0 bridgehead atoms. The summed E-state index contributed by atoms with van der Waals surface area (Å²) in [6.07, 6.45) is 0. The molecule has 1 aromatic rings. The van der Waals surface area contributed by atoms with Gasteiger partial charge in [0.1, 0.15) is 11.9 Å². The molecule has 13 heavy (non-hydrogen) atoms. The highest BCUT2D eigenvalue weighted by Gasteiger charge is 1.94. The third-order valence-corrected chi connectivity index (χ3v) is 1.09. The maximum absolute atomic E-state index is 12.4. The van der Waals surface area contributed by atoms with Gasteiger partial charge in [0.15, 0.2) is 0 Å². The molecule has 0 spiro atoms. The largest absolute Gasteiger partial charge is 0.471 e. The normalized spacial score (nSPS) is 7.46. The zero-order valence-electron chi connectivity index (χ0n) is 7.03. The number of halogens is 1. The summed E-state index contributed by atoms with van der Waals surface area (Å²) >= 11 is 0. The van der Waals surface area contributed by atoms with Gasteiger partial charge in [-0.1, -0.05) is 12.1 Å². The SMILES string of the molecule is COC=O.N#Cc1ccccc1F. The van der Waals surface area contributed by atoms with Gasteiger partial charge in [-0.25, -0.2) is 4.39 Å². The van der Waals surface area contributed by atoms with E-state index >= 15 is 0 Å². The van der Waals surface area contributed by atoms with Crippen molar-refractivity contribution >= 4 is 6.47 Å². The van der Waals surface area contributed by atoms with Crippen LogP contribution in [0.25, 0.3) is 0 Å². The van der Waals surface area contributed by atoms with E-state index in [4.69, 9.17) is 10.1 Å². The first-order valence-corrected chi connectivity index (χ1v) is 3.37. The Balaban J connectivity index is 0.000000310. The molecule has 1 aromatic carbocycles. The van der Waals surface area contributed by atoms with Gasteiger partial charge in [-0.05, 0) is 12.1 Å². The molecule has 68 valence electrons. The summed E-state index contributed by atoms with van der Waals surface area (Å²) in [6.45, 7) is 0.375. The lowest BCUT2D eigenvalue weighted by atomic mass is 10.2. The number of nitrogens with zero attached hydrogens (tertiary/aromatic N) is 1. The quantitative estimate of drug-likeness (QED) is 0.616. The summed E-state index contributed by atoms with van der Waals surface area (Å²) in [7, 11) is 1.31. The van der Waals surface area contributed by atoms with Crippen molar-refractivity contribution in [2.24, 2.45) is 0 Å². The fourth-order valence-corrected chi connectivity index (χ4v) is 0.552. The van der Waals surface area contributed by atoms with E-state index in [1.165, 1.54) is 19.2 Å². The maximum Gasteiger partial charge on any atom is 0.292 e. The molecule has 0 aliphatic carbocycles. The Labute approximate surface area is 75.4 Å². The number of ether oxygens (including phenoxy) is 1. The number of methoxy groups -OCH3 is 1. The third-order valence-electron chi connectivity index (χ3n) is 1.09. The van der Waals surface area contributed by atoms with E-state index in [-0.39, 0.29) is 5.56 Å². The zero-order chi connectivity index (χ0) is 10.1. The van der Waals surface area contributed by atoms with Crippen LogP contribution in [0.5, 0.6) is 0 Å². The van der Waals surface area contributed by atoms with E-state index in [0.717, 1.165) is 0 Å². The number of nitriles is 1. The molecular formula is C9H8FNO2. The van der Waals surface area contributed by atoms with E-state index in [1.54, 1.807) is 18.2 Å². The van der Waals surface area contributed by atoms with Crippen LogP contribution >= 0.6 is 0 Å². The first-order valence-electron chi connectivity index (χ1n) is 3.37. The van der Waals surface area contributed by atoms with Crippen LogP contribution in [0, 0.1) is 17.1 Å². The molecule has 0 heterocycles. The van der Waals surface area contributed by atoms with Gasteiger partial charge >= 0.3 is 0 Å². The van der Waals surface area contributed by atoms with Crippen LogP contribution in [-0.4, -0.2) is 13.6 Å². The number of hydrogen-bond donors (Lipinski definition) is 0. The standard InChI is InChI=1S/C7H4FN.C2H4O2/c8-7-4-2-1-3-6(7)5-9;1-4-2-3/h1-4H;2H,1H3. The van der Waals surface area contributed by atoms with Crippen LogP contribution in [-0.2, 0) is 9.53 Å². The zero-order valence-corrected chi connectivity index (χ0v) is 7.03. The van der Waals surface area contributed by atoms with Gasteiger partial charge in [-0.3, -0.25) is 4.79 Å². The summed E-state index contributed by atoms with van der Waals surface area (Å²) in [5, 5.41) is 8.23. The molecule has 0 aliphatic heterocycles. The Morgan fingerprint density at radius 2 is 2.08 bits per heavy atom. The molecule has 0 N–H and O–H groups in total. The fraction of sp³-hybridized carbons (Fsp3) is 0.111.